The molecule has 0 fully saturated rings. The Bertz CT molecular complexity index is 453. The minimum Gasteiger partial charge on any atom is -0.337 e. The smallest absolute Gasteiger partial charge is 0.212 e. The molecular weight excluding hydrogens is 252 g/mol. The van der Waals surface area contributed by atoms with Gasteiger partial charge in [-0.15, -0.1) is 0 Å². The summed E-state index contributed by atoms with van der Waals surface area (Å²) in [5.74, 6) is 0.843. The molecule has 1 heterocycles. The number of nitrogens with one attached hydrogen (secondary N) is 2. The van der Waals surface area contributed by atoms with E-state index in [0.29, 0.717) is 24.8 Å². The normalized spacial score (nSPS) is 12.2. The van der Waals surface area contributed by atoms with Crippen LogP contribution in [0.4, 0.5) is 0 Å². The van der Waals surface area contributed by atoms with E-state index in [4.69, 9.17) is 0 Å². The highest BCUT2D eigenvalue weighted by molar-refractivity contribution is 7.89. The molecular formula is C11H22N4O2S. The van der Waals surface area contributed by atoms with Gasteiger partial charge in [0.25, 0.3) is 0 Å². The van der Waals surface area contributed by atoms with Crippen LogP contribution < -0.4 is 10.0 Å². The summed E-state index contributed by atoms with van der Waals surface area (Å²) in [7, 11) is -1.38. The zero-order valence-electron chi connectivity index (χ0n) is 11.2. The molecule has 6 nitrogen and oxygen atoms in total. The van der Waals surface area contributed by atoms with Gasteiger partial charge in [-0.2, -0.15) is 0 Å². The fourth-order valence-electron chi connectivity index (χ4n) is 1.47. The standard InChI is InChI=1S/C11H22N4O2S/c1-10(2)12-5-4-8-18(16,17)14-9-11-13-6-7-15(11)3/h6-7,10,12,14H,4-5,8-9H2,1-3H3. The van der Waals surface area contributed by atoms with Gasteiger partial charge in [-0.05, 0) is 13.0 Å². The number of hydrogen-bond donors (Lipinski definition) is 2. The molecule has 0 saturated carbocycles. The van der Waals surface area contributed by atoms with Crippen molar-refractivity contribution in [2.45, 2.75) is 32.9 Å². The number of sulfonamides is 1. The summed E-state index contributed by atoms with van der Waals surface area (Å²) in [5.41, 5.74) is 0. The highest BCUT2D eigenvalue weighted by Crippen LogP contribution is 1.96. The lowest BCUT2D eigenvalue weighted by Gasteiger charge is -2.09. The third kappa shape index (κ3) is 5.61. The fourth-order valence-corrected chi connectivity index (χ4v) is 2.48. The summed E-state index contributed by atoms with van der Waals surface area (Å²) in [4.78, 5) is 4.06. The Kier molecular flexibility index (Phi) is 5.77. The fraction of sp³-hybridized carbons (Fsp3) is 0.727. The van der Waals surface area contributed by atoms with Gasteiger partial charge in [0, 0.05) is 25.5 Å². The summed E-state index contributed by atoms with van der Waals surface area (Å²) < 4.78 is 27.8. The summed E-state index contributed by atoms with van der Waals surface area (Å²) in [6, 6.07) is 0.383. The molecule has 0 aliphatic rings. The molecule has 7 heteroatoms. The molecule has 0 bridgehead atoms. The van der Waals surface area contributed by atoms with E-state index >= 15 is 0 Å². The second-order valence-electron chi connectivity index (χ2n) is 4.56. The Balaban J connectivity index is 2.30. The Morgan fingerprint density at radius 3 is 2.72 bits per heavy atom. The molecule has 104 valence electrons. The van der Waals surface area contributed by atoms with Gasteiger partial charge in [0.1, 0.15) is 5.82 Å². The summed E-state index contributed by atoms with van der Waals surface area (Å²) in [6.45, 7) is 5.02. The number of hydrogen-bond acceptors (Lipinski definition) is 4. The molecule has 2 N–H and O–H groups in total. The van der Waals surface area contributed by atoms with Crippen molar-refractivity contribution >= 4 is 10.0 Å². The zero-order valence-corrected chi connectivity index (χ0v) is 12.0. The molecule has 0 aliphatic heterocycles. The average molecular weight is 274 g/mol. The molecule has 0 aromatic carbocycles. The SMILES string of the molecule is CC(C)NCCCS(=O)(=O)NCc1nccn1C. The lowest BCUT2D eigenvalue weighted by Crippen LogP contribution is -2.30. The van der Waals surface area contributed by atoms with Crippen molar-refractivity contribution < 1.29 is 8.42 Å². The second-order valence-corrected chi connectivity index (χ2v) is 6.48. The first-order valence-electron chi connectivity index (χ1n) is 6.07. The van der Waals surface area contributed by atoms with Gasteiger partial charge in [0.2, 0.25) is 10.0 Å². The first-order chi connectivity index (χ1) is 8.41. The summed E-state index contributed by atoms with van der Waals surface area (Å²) in [6.07, 6.45) is 4.04. The molecule has 0 radical (unpaired) electrons. The van der Waals surface area contributed by atoms with Crippen LogP contribution in [-0.2, 0) is 23.6 Å². The van der Waals surface area contributed by atoms with Crippen molar-refractivity contribution in [2.75, 3.05) is 12.3 Å². The van der Waals surface area contributed by atoms with Crippen LogP contribution in [0.3, 0.4) is 0 Å². The molecule has 0 amide bonds. The molecule has 1 rings (SSSR count). The van der Waals surface area contributed by atoms with E-state index in [1.807, 2.05) is 20.9 Å². The third-order valence-electron chi connectivity index (χ3n) is 2.51. The molecule has 0 unspecified atom stereocenters. The van der Waals surface area contributed by atoms with Gasteiger partial charge in [-0.3, -0.25) is 0 Å². The van der Waals surface area contributed by atoms with Crippen molar-refractivity contribution in [2.24, 2.45) is 7.05 Å². The Morgan fingerprint density at radius 2 is 2.17 bits per heavy atom. The van der Waals surface area contributed by atoms with Gasteiger partial charge in [-0.1, -0.05) is 13.8 Å². The summed E-state index contributed by atoms with van der Waals surface area (Å²) >= 11 is 0. The molecule has 0 atom stereocenters. The first kappa shape index (κ1) is 15.1. The van der Waals surface area contributed by atoms with Crippen molar-refractivity contribution in [3.63, 3.8) is 0 Å². The molecule has 1 aromatic heterocycles. The number of rotatable bonds is 8. The molecule has 18 heavy (non-hydrogen) atoms. The van der Waals surface area contributed by atoms with Crippen LogP contribution in [0.2, 0.25) is 0 Å². The summed E-state index contributed by atoms with van der Waals surface area (Å²) in [5, 5.41) is 3.19. The van der Waals surface area contributed by atoms with Crippen LogP contribution in [0.1, 0.15) is 26.1 Å². The Hall–Kier alpha value is -0.920. The van der Waals surface area contributed by atoms with E-state index in [1.54, 1.807) is 17.0 Å². The zero-order chi connectivity index (χ0) is 13.6. The maximum absolute atomic E-state index is 11.7. The van der Waals surface area contributed by atoms with Gasteiger partial charge < -0.3 is 9.88 Å². The molecule has 0 aliphatic carbocycles. The molecule has 0 spiro atoms. The average Bonchev–Trinajstić information content (AvgIpc) is 2.68. The predicted molar refractivity (Wildman–Crippen MR) is 71.6 cm³/mol. The van der Waals surface area contributed by atoms with E-state index < -0.39 is 10.0 Å². The van der Waals surface area contributed by atoms with Crippen LogP contribution in [-0.4, -0.2) is 36.3 Å². The van der Waals surface area contributed by atoms with Gasteiger partial charge in [0.05, 0.1) is 12.3 Å². The number of aromatic nitrogens is 2. The number of aryl methyl sites for hydroxylation is 1. The van der Waals surface area contributed by atoms with Crippen LogP contribution in [0.25, 0.3) is 0 Å². The van der Waals surface area contributed by atoms with E-state index in [-0.39, 0.29) is 12.3 Å². The molecule has 1 aromatic rings. The second kappa shape index (κ2) is 6.86. The minimum atomic E-state index is -3.22. The highest BCUT2D eigenvalue weighted by atomic mass is 32.2. The van der Waals surface area contributed by atoms with Gasteiger partial charge in [0.15, 0.2) is 0 Å². The first-order valence-corrected chi connectivity index (χ1v) is 7.73. The maximum atomic E-state index is 11.7. The van der Waals surface area contributed by atoms with Crippen LogP contribution >= 0.6 is 0 Å². The van der Waals surface area contributed by atoms with Crippen LogP contribution in [0.15, 0.2) is 12.4 Å². The lowest BCUT2D eigenvalue weighted by atomic mass is 10.4. The number of nitrogens with zero attached hydrogens (tertiary/aromatic N) is 2. The Labute approximate surface area is 109 Å². The largest absolute Gasteiger partial charge is 0.337 e. The Morgan fingerprint density at radius 1 is 1.44 bits per heavy atom. The van der Waals surface area contributed by atoms with E-state index in [0.717, 1.165) is 0 Å². The number of imidazole rings is 1. The van der Waals surface area contributed by atoms with Crippen molar-refractivity contribution in [3.05, 3.63) is 18.2 Å². The lowest BCUT2D eigenvalue weighted by molar-refractivity contribution is 0.558. The molecule has 0 saturated heterocycles. The van der Waals surface area contributed by atoms with Crippen molar-refractivity contribution in [1.29, 1.82) is 0 Å². The highest BCUT2D eigenvalue weighted by Gasteiger charge is 2.10. The topological polar surface area (TPSA) is 76.0 Å². The van der Waals surface area contributed by atoms with E-state index in [1.165, 1.54) is 0 Å². The van der Waals surface area contributed by atoms with E-state index in [9.17, 15) is 8.42 Å². The third-order valence-corrected chi connectivity index (χ3v) is 3.92. The van der Waals surface area contributed by atoms with Crippen LogP contribution in [0, 0.1) is 0 Å². The van der Waals surface area contributed by atoms with E-state index in [2.05, 4.69) is 15.0 Å². The van der Waals surface area contributed by atoms with Crippen molar-refractivity contribution in [3.8, 4) is 0 Å². The van der Waals surface area contributed by atoms with Gasteiger partial charge in [-0.25, -0.2) is 18.1 Å². The van der Waals surface area contributed by atoms with Crippen molar-refractivity contribution in [1.82, 2.24) is 19.6 Å². The monoisotopic (exact) mass is 274 g/mol. The minimum absolute atomic E-state index is 0.136. The predicted octanol–water partition coefficient (Wildman–Crippen LogP) is 0.228. The van der Waals surface area contributed by atoms with Crippen LogP contribution in [0.5, 0.6) is 0 Å². The van der Waals surface area contributed by atoms with Gasteiger partial charge >= 0.3 is 0 Å². The quantitative estimate of drug-likeness (QED) is 0.665. The maximum Gasteiger partial charge on any atom is 0.212 e.